The maximum Gasteiger partial charge on any atom is 0.453 e. The van der Waals surface area contributed by atoms with Gasteiger partial charge >= 0.3 is 16.5 Å². The molecular weight excluding hydrogens is 807 g/mol. The summed E-state index contributed by atoms with van der Waals surface area (Å²) in [6.45, 7) is 21.4. The highest BCUT2D eigenvalue weighted by Crippen LogP contribution is 2.54. The SMILES string of the molecule is Cc1cc(C)c2op(Oc3c(C)cc4c(c3-c3c5c(cc(C)c3Op3oc6c(C)cc(C)cc6c6cc(C)cc(C)c6o3)CCCC5)CCCC4)oc3c(C)cc(C)cc3c2c1. The van der Waals surface area contributed by atoms with Gasteiger partial charge in [-0.1, -0.05) is 36.4 Å². The van der Waals surface area contributed by atoms with Crippen LogP contribution in [0.3, 0.4) is 0 Å². The summed E-state index contributed by atoms with van der Waals surface area (Å²) in [7, 11) is -3.88. The van der Waals surface area contributed by atoms with Crippen LogP contribution in [0.1, 0.15) is 104 Å². The lowest BCUT2D eigenvalue weighted by molar-refractivity contribution is 0.489. The summed E-state index contributed by atoms with van der Waals surface area (Å²) in [5.74, 6) is 1.59. The fraction of sp³-hybridized carbons (Fsp3) is 0.333. The van der Waals surface area contributed by atoms with Gasteiger partial charge in [-0.05, 0) is 223 Å². The minimum atomic E-state index is -1.94. The third-order valence-corrected chi connectivity index (χ3v) is 15.1. The molecule has 2 heterocycles. The van der Waals surface area contributed by atoms with Gasteiger partial charge in [0.2, 0.25) is 0 Å². The van der Waals surface area contributed by atoms with E-state index in [-0.39, 0.29) is 0 Å². The van der Waals surface area contributed by atoms with Crippen LogP contribution in [0, 0.1) is 69.2 Å². The molecule has 0 saturated carbocycles. The monoisotopic (exact) mass is 862 g/mol. The zero-order chi connectivity index (χ0) is 43.1. The van der Waals surface area contributed by atoms with Crippen LogP contribution in [0.15, 0.2) is 77.5 Å². The first-order chi connectivity index (χ1) is 29.8. The van der Waals surface area contributed by atoms with Crippen molar-refractivity contribution in [3.05, 3.63) is 139 Å². The van der Waals surface area contributed by atoms with Crippen molar-refractivity contribution in [2.45, 2.75) is 121 Å². The van der Waals surface area contributed by atoms with Crippen LogP contribution < -0.4 is 9.05 Å². The maximum absolute atomic E-state index is 7.35. The molecule has 6 aromatic carbocycles. The summed E-state index contributed by atoms with van der Waals surface area (Å²) in [5.41, 5.74) is 21.9. The molecule has 0 N–H and O–H groups in total. The predicted molar refractivity (Wildman–Crippen MR) is 257 cm³/mol. The smallest absolute Gasteiger partial charge is 0.390 e. The number of aryl methyl sites for hydroxylation is 12. The second-order valence-corrected chi connectivity index (χ2v) is 20.3. The highest BCUT2D eigenvalue weighted by Gasteiger charge is 2.31. The number of fused-ring (bicyclic) bond motifs is 8. The molecule has 318 valence electrons. The van der Waals surface area contributed by atoms with Gasteiger partial charge in [0.05, 0.1) is 0 Å². The van der Waals surface area contributed by atoms with Crippen molar-refractivity contribution in [1.82, 2.24) is 0 Å². The van der Waals surface area contributed by atoms with Crippen molar-refractivity contribution in [3.63, 3.8) is 0 Å². The molecule has 6 nitrogen and oxygen atoms in total. The van der Waals surface area contributed by atoms with Crippen molar-refractivity contribution in [2.24, 2.45) is 0 Å². The fourth-order valence-electron chi connectivity index (χ4n) is 10.5. The van der Waals surface area contributed by atoms with Crippen LogP contribution >= 0.6 is 16.5 Å². The normalized spacial score (nSPS) is 13.8. The number of hydrogen-bond acceptors (Lipinski definition) is 6. The average Bonchev–Trinajstić information content (AvgIpc) is 3.47. The molecular formula is C54H56O6P2. The summed E-state index contributed by atoms with van der Waals surface area (Å²) < 4.78 is 42.6. The first kappa shape index (κ1) is 40.8. The third-order valence-electron chi connectivity index (χ3n) is 13.1. The molecule has 62 heavy (non-hydrogen) atoms. The van der Waals surface area contributed by atoms with Crippen LogP contribution in [-0.4, -0.2) is 0 Å². The molecule has 0 fully saturated rings. The van der Waals surface area contributed by atoms with E-state index < -0.39 is 16.5 Å². The van der Waals surface area contributed by atoms with Crippen LogP contribution in [0.25, 0.3) is 55.0 Å². The lowest BCUT2D eigenvalue weighted by atomic mass is 9.78. The molecule has 2 aliphatic rings. The third kappa shape index (κ3) is 7.14. The van der Waals surface area contributed by atoms with E-state index in [9.17, 15) is 0 Å². The Morgan fingerprint density at radius 2 is 0.645 bits per heavy atom. The quantitative estimate of drug-likeness (QED) is 0.172. The second kappa shape index (κ2) is 15.8. The number of benzene rings is 6. The Hall–Kier alpha value is -5.28. The van der Waals surface area contributed by atoms with Crippen LogP contribution in [0.5, 0.6) is 11.5 Å². The van der Waals surface area contributed by atoms with E-state index in [4.69, 9.17) is 25.8 Å². The van der Waals surface area contributed by atoms with Crippen LogP contribution in [0.2, 0.25) is 0 Å². The zero-order valence-corrected chi connectivity index (χ0v) is 39.6. The van der Waals surface area contributed by atoms with Crippen molar-refractivity contribution in [2.75, 3.05) is 0 Å². The van der Waals surface area contributed by atoms with Crippen LogP contribution in [-0.2, 0) is 25.7 Å². The van der Waals surface area contributed by atoms with Crippen LogP contribution in [0.4, 0.5) is 0 Å². The van der Waals surface area contributed by atoms with E-state index >= 15 is 0 Å². The Morgan fingerprint density at radius 3 is 0.952 bits per heavy atom. The first-order valence-corrected chi connectivity index (χ1v) is 24.4. The lowest BCUT2D eigenvalue weighted by Crippen LogP contribution is -2.11. The molecule has 0 aliphatic heterocycles. The number of hydrogen-bond donors (Lipinski definition) is 0. The standard InChI is InChI=1S/C54H56O6P2/c1-29-19-33(5)49-43(23-29)44-24-30(2)20-34(6)50(44)56-61(55-49)59-53-37(9)27-39-15-11-13-17-41(39)47(53)48-42-18-14-12-16-40(42)28-38(10)54(48)60-62-57-51-35(7)21-31(3)25-45(51)46-26-32(4)22-36(8)52(46)58-62/h19-28H,11-18H2,1-10H3. The zero-order valence-electron chi connectivity index (χ0n) is 37.8. The van der Waals surface area contributed by atoms with Gasteiger partial charge in [0.1, 0.15) is 33.8 Å². The molecule has 0 radical (unpaired) electrons. The van der Waals surface area contributed by atoms with E-state index in [1.54, 1.807) is 0 Å². The van der Waals surface area contributed by atoms with Gasteiger partial charge in [-0.2, -0.15) is 0 Å². The van der Waals surface area contributed by atoms with Crippen molar-refractivity contribution in [3.8, 4) is 22.6 Å². The minimum Gasteiger partial charge on any atom is -0.390 e. The Kier molecular flexibility index (Phi) is 10.4. The highest BCUT2D eigenvalue weighted by molar-refractivity contribution is 7.32. The second-order valence-electron chi connectivity index (χ2n) is 18.3. The Bertz CT molecular complexity index is 2900. The van der Waals surface area contributed by atoms with E-state index in [2.05, 4.69) is 130 Å². The maximum atomic E-state index is 7.35. The summed E-state index contributed by atoms with van der Waals surface area (Å²) in [6, 6.07) is 22.3. The van der Waals surface area contributed by atoms with Gasteiger partial charge < -0.3 is 25.8 Å². The van der Waals surface area contributed by atoms with Gasteiger partial charge in [0.25, 0.3) is 0 Å². The summed E-state index contributed by atoms with van der Waals surface area (Å²) in [4.78, 5) is 0. The summed E-state index contributed by atoms with van der Waals surface area (Å²) in [5, 5.41) is 4.14. The van der Waals surface area contributed by atoms with Gasteiger partial charge in [-0.25, -0.2) is 0 Å². The fourth-order valence-corrected chi connectivity index (χ4v) is 13.1. The van der Waals surface area contributed by atoms with Gasteiger partial charge in [0.15, 0.2) is 0 Å². The molecule has 0 atom stereocenters. The Labute approximate surface area is 366 Å². The van der Waals surface area contributed by atoms with Crippen molar-refractivity contribution >= 4 is 60.4 Å². The van der Waals surface area contributed by atoms with E-state index in [1.807, 2.05) is 0 Å². The van der Waals surface area contributed by atoms with Crippen molar-refractivity contribution in [1.29, 1.82) is 0 Å². The average molecular weight is 863 g/mol. The molecule has 0 amide bonds. The van der Waals surface area contributed by atoms with E-state index in [1.165, 1.54) is 44.5 Å². The lowest BCUT2D eigenvalue weighted by Gasteiger charge is -2.29. The largest absolute Gasteiger partial charge is 0.453 e. The molecule has 0 spiro atoms. The molecule has 8 aromatic rings. The molecule has 2 aliphatic carbocycles. The summed E-state index contributed by atoms with van der Waals surface area (Å²) in [6.07, 6.45) is 8.49. The first-order valence-electron chi connectivity index (χ1n) is 22.3. The summed E-state index contributed by atoms with van der Waals surface area (Å²) >= 11 is 0. The molecule has 0 bridgehead atoms. The highest BCUT2D eigenvalue weighted by atomic mass is 31.1. The van der Waals surface area contributed by atoms with Gasteiger partial charge in [0, 0.05) is 32.7 Å². The van der Waals surface area contributed by atoms with Crippen molar-refractivity contribution < 1.29 is 25.8 Å². The molecule has 10 rings (SSSR count). The van der Waals surface area contributed by atoms with E-state index in [0.717, 1.165) is 151 Å². The predicted octanol–water partition coefficient (Wildman–Crippen LogP) is 17.1. The molecule has 0 saturated heterocycles. The van der Waals surface area contributed by atoms with Gasteiger partial charge in [-0.15, -0.1) is 0 Å². The minimum absolute atomic E-state index is 0.795. The number of rotatable bonds is 5. The molecule has 2 aromatic heterocycles. The molecule has 8 heteroatoms. The van der Waals surface area contributed by atoms with Gasteiger partial charge in [-0.3, -0.25) is 0 Å². The molecule has 0 unspecified atom stereocenters. The Morgan fingerprint density at radius 1 is 0.355 bits per heavy atom. The Balaban J connectivity index is 1.26. The topological polar surface area (TPSA) is 71.0 Å². The van der Waals surface area contributed by atoms with E-state index in [0.29, 0.717) is 0 Å².